The second-order valence-electron chi connectivity index (χ2n) is 11.7. The van der Waals surface area contributed by atoms with Crippen molar-refractivity contribution in [2.45, 2.75) is 84.2 Å². The Morgan fingerprint density at radius 1 is 1.06 bits per heavy atom. The van der Waals surface area contributed by atoms with Crippen molar-refractivity contribution in [1.29, 1.82) is 0 Å². The molecule has 0 aliphatic carbocycles. The van der Waals surface area contributed by atoms with Crippen molar-refractivity contribution in [3.8, 4) is 0 Å². The molecule has 0 aliphatic rings. The van der Waals surface area contributed by atoms with E-state index in [0.29, 0.717) is 6.42 Å². The summed E-state index contributed by atoms with van der Waals surface area (Å²) in [5, 5.41) is 0.0783. The van der Waals surface area contributed by atoms with Gasteiger partial charge in [0.1, 0.15) is 6.61 Å². The lowest BCUT2D eigenvalue weighted by Gasteiger charge is -2.48. The largest absolute Gasteiger partial charge is 0.463 e. The van der Waals surface area contributed by atoms with Gasteiger partial charge in [-0.2, -0.15) is 4.79 Å². The van der Waals surface area contributed by atoms with Crippen molar-refractivity contribution < 1.29 is 19.1 Å². The number of amides is 1. The van der Waals surface area contributed by atoms with Crippen LogP contribution in [0.15, 0.2) is 30.3 Å². The summed E-state index contributed by atoms with van der Waals surface area (Å²) in [6.07, 6.45) is 2.38. The van der Waals surface area contributed by atoms with Crippen LogP contribution in [0.5, 0.6) is 0 Å². The normalized spacial score (nSPS) is 13.3. The van der Waals surface area contributed by atoms with Crippen molar-refractivity contribution in [2.75, 3.05) is 6.61 Å². The van der Waals surface area contributed by atoms with Crippen LogP contribution < -0.4 is 0 Å². The van der Waals surface area contributed by atoms with E-state index in [2.05, 4.69) is 56.2 Å². The lowest BCUT2D eigenvalue weighted by molar-refractivity contribution is -0.156. The fourth-order valence-electron chi connectivity index (χ4n) is 4.44. The number of ether oxygens (including phenoxy) is 1. The SMILES string of the molecule is CC(C)(C)C(=O)OCC(CCc1ccccc1)N(C(=O)C=[N+]=[N-])C([Si](C)(C)C)[Si](C)(C)C. The Morgan fingerprint density at radius 3 is 2.03 bits per heavy atom. The van der Waals surface area contributed by atoms with Gasteiger partial charge in [-0.3, -0.25) is 9.59 Å². The van der Waals surface area contributed by atoms with E-state index in [0.717, 1.165) is 12.6 Å². The van der Waals surface area contributed by atoms with E-state index in [1.54, 1.807) is 0 Å². The summed E-state index contributed by atoms with van der Waals surface area (Å²) in [6.45, 7) is 19.2. The smallest absolute Gasteiger partial charge is 0.344 e. The number of carbonyl (C=O) groups is 2. The van der Waals surface area contributed by atoms with Crippen LogP contribution in [0.2, 0.25) is 39.3 Å². The van der Waals surface area contributed by atoms with Gasteiger partial charge in [0.15, 0.2) is 0 Å². The summed E-state index contributed by atoms with van der Waals surface area (Å²) in [4.78, 5) is 30.8. The summed E-state index contributed by atoms with van der Waals surface area (Å²) in [6, 6.07) is 9.79. The van der Waals surface area contributed by atoms with Crippen LogP contribution >= 0.6 is 0 Å². The molecule has 0 heterocycles. The van der Waals surface area contributed by atoms with Gasteiger partial charge >= 0.3 is 18.1 Å². The molecule has 1 aromatic carbocycles. The van der Waals surface area contributed by atoms with Gasteiger partial charge < -0.3 is 15.2 Å². The van der Waals surface area contributed by atoms with Crippen LogP contribution in [0.3, 0.4) is 0 Å². The van der Waals surface area contributed by atoms with Crippen LogP contribution in [-0.4, -0.2) is 61.9 Å². The predicted molar refractivity (Wildman–Crippen MR) is 136 cm³/mol. The number of aryl methyl sites for hydroxylation is 1. The van der Waals surface area contributed by atoms with E-state index in [9.17, 15) is 9.59 Å². The average Bonchev–Trinajstić information content (AvgIpc) is 2.64. The third-order valence-corrected chi connectivity index (χ3v) is 14.4. The fourth-order valence-corrected chi connectivity index (χ4v) is 17.2. The van der Waals surface area contributed by atoms with Crippen molar-refractivity contribution in [2.24, 2.45) is 5.41 Å². The first-order chi connectivity index (χ1) is 14.6. The lowest BCUT2D eigenvalue weighted by Crippen LogP contribution is -2.68. The van der Waals surface area contributed by atoms with E-state index in [4.69, 9.17) is 10.3 Å². The highest BCUT2D eigenvalue weighted by molar-refractivity contribution is 6.96. The Kier molecular flexibility index (Phi) is 9.81. The quantitative estimate of drug-likeness (QED) is 0.160. The Labute approximate surface area is 196 Å². The molecule has 0 radical (unpaired) electrons. The summed E-state index contributed by atoms with van der Waals surface area (Å²) >= 11 is 0. The maximum absolute atomic E-state index is 13.3. The summed E-state index contributed by atoms with van der Waals surface area (Å²) in [5.74, 6) is -0.616. The number of hydrogen-bond donors (Lipinski definition) is 0. The van der Waals surface area contributed by atoms with Crippen molar-refractivity contribution in [3.63, 3.8) is 0 Å². The van der Waals surface area contributed by atoms with Crippen LogP contribution in [0.25, 0.3) is 5.53 Å². The van der Waals surface area contributed by atoms with Crippen molar-refractivity contribution in [3.05, 3.63) is 41.4 Å². The highest BCUT2D eigenvalue weighted by atomic mass is 28.4. The van der Waals surface area contributed by atoms with E-state index in [-0.39, 0.29) is 29.8 Å². The standard InChI is InChI=1S/C24H41N3O3Si2/c1-24(2,3)22(29)30-18-20(16-15-19-13-11-10-12-14-19)27(21(28)17-26-25)23(31(4,5)6)32(7,8)9/h10-14,17,20,23H,15-16,18H2,1-9H3. The summed E-state index contributed by atoms with van der Waals surface area (Å²) in [5.41, 5.74) is 9.69. The molecule has 0 aromatic heterocycles. The van der Waals surface area contributed by atoms with Gasteiger partial charge in [0, 0.05) is 5.29 Å². The molecule has 1 amide bonds. The molecule has 178 valence electrons. The molecule has 0 fully saturated rings. The molecule has 8 heteroatoms. The average molecular weight is 476 g/mol. The fraction of sp³-hybridized carbons (Fsp3) is 0.625. The molecule has 1 atom stereocenters. The van der Waals surface area contributed by atoms with Crippen LogP contribution in [0, 0.1) is 5.41 Å². The number of rotatable bonds is 10. The first kappa shape index (κ1) is 28.0. The minimum absolute atomic E-state index is 0.0783. The highest BCUT2D eigenvalue weighted by Gasteiger charge is 2.46. The molecule has 1 rings (SSSR count). The van der Waals surface area contributed by atoms with Crippen LogP contribution in [0.1, 0.15) is 32.8 Å². The molecule has 1 aromatic rings. The van der Waals surface area contributed by atoms with E-state index >= 15 is 0 Å². The number of hydrogen-bond acceptors (Lipinski definition) is 3. The van der Waals surface area contributed by atoms with Gasteiger partial charge in [-0.1, -0.05) is 69.6 Å². The van der Waals surface area contributed by atoms with Crippen molar-refractivity contribution >= 4 is 34.2 Å². The van der Waals surface area contributed by atoms with Crippen LogP contribution in [-0.2, 0) is 20.7 Å². The Balaban J connectivity index is 3.43. The number of nitrogens with zero attached hydrogens (tertiary/aromatic N) is 3. The van der Waals surface area contributed by atoms with Gasteiger partial charge in [-0.05, 0) is 39.2 Å². The Bertz CT molecular complexity index is 804. The topological polar surface area (TPSA) is 83.0 Å². The summed E-state index contributed by atoms with van der Waals surface area (Å²) < 4.78 is 5.73. The van der Waals surface area contributed by atoms with Crippen molar-refractivity contribution in [1.82, 2.24) is 4.90 Å². The minimum Gasteiger partial charge on any atom is -0.463 e. The zero-order chi connectivity index (χ0) is 24.7. The third kappa shape index (κ3) is 8.49. The molecule has 0 N–H and O–H groups in total. The molecule has 1 unspecified atom stereocenters. The molecular weight excluding hydrogens is 434 g/mol. The van der Waals surface area contributed by atoms with Gasteiger partial charge in [0.25, 0.3) is 0 Å². The Hall–Kier alpha value is -2.03. The molecule has 32 heavy (non-hydrogen) atoms. The van der Waals surface area contributed by atoms with Gasteiger partial charge in [-0.15, -0.1) is 0 Å². The second-order valence-corrected chi connectivity index (χ2v) is 22.8. The molecule has 0 aliphatic heterocycles. The first-order valence-electron chi connectivity index (χ1n) is 11.3. The zero-order valence-electron chi connectivity index (χ0n) is 21.3. The van der Waals surface area contributed by atoms with Gasteiger partial charge in [0.2, 0.25) is 0 Å². The van der Waals surface area contributed by atoms with Crippen LogP contribution in [0.4, 0.5) is 0 Å². The molecule has 0 bridgehead atoms. The number of carbonyl (C=O) groups excluding carboxylic acids is 2. The monoisotopic (exact) mass is 475 g/mol. The second kappa shape index (κ2) is 11.2. The first-order valence-corrected chi connectivity index (χ1v) is 18.5. The van der Waals surface area contributed by atoms with Gasteiger partial charge in [0.05, 0.1) is 27.6 Å². The maximum Gasteiger partial charge on any atom is 0.344 e. The lowest BCUT2D eigenvalue weighted by atomic mass is 9.97. The highest BCUT2D eigenvalue weighted by Crippen LogP contribution is 2.29. The molecule has 0 saturated carbocycles. The van der Waals surface area contributed by atoms with E-state index in [1.807, 2.05) is 43.9 Å². The van der Waals surface area contributed by atoms with Gasteiger partial charge in [-0.25, -0.2) is 0 Å². The zero-order valence-corrected chi connectivity index (χ0v) is 23.3. The third-order valence-electron chi connectivity index (χ3n) is 5.36. The number of benzene rings is 1. The Morgan fingerprint density at radius 2 is 1.59 bits per heavy atom. The molecule has 6 nitrogen and oxygen atoms in total. The van der Waals surface area contributed by atoms with E-state index < -0.39 is 21.6 Å². The number of esters is 1. The maximum atomic E-state index is 13.3. The predicted octanol–water partition coefficient (Wildman–Crippen LogP) is 4.83. The summed E-state index contributed by atoms with van der Waals surface area (Å²) in [7, 11) is -3.72. The van der Waals surface area contributed by atoms with E-state index in [1.165, 1.54) is 5.56 Å². The molecule has 0 spiro atoms. The molecule has 0 saturated heterocycles. The molecular formula is C24H41N3O3Si2. The minimum atomic E-state index is -1.86.